The first-order valence-corrected chi connectivity index (χ1v) is 14.5. The SMILES string of the molecule is CN(C)C(=O)CNC(=O)C(CC=CCC(NC(=O)OCc1ccccc1)C(=O)NCC(=O)N(C)C)NC(=O)OCc1ccccc1. The number of alkyl carbamates (subject to hydrolysis) is 2. The van der Waals surface area contributed by atoms with Crippen molar-refractivity contribution in [1.29, 1.82) is 0 Å². The van der Waals surface area contributed by atoms with Crippen molar-refractivity contribution < 1.29 is 38.2 Å². The monoisotopic (exact) mass is 638 g/mol. The number of rotatable bonds is 16. The number of ether oxygens (including phenoxy) is 2. The van der Waals surface area contributed by atoms with Crippen molar-refractivity contribution in [2.24, 2.45) is 0 Å². The van der Waals surface area contributed by atoms with Crippen LogP contribution < -0.4 is 21.3 Å². The lowest BCUT2D eigenvalue weighted by molar-refractivity contribution is -0.131. The van der Waals surface area contributed by atoms with Gasteiger partial charge in [-0.05, 0) is 24.0 Å². The molecule has 0 fully saturated rings. The molecule has 0 spiro atoms. The van der Waals surface area contributed by atoms with E-state index >= 15 is 0 Å². The van der Waals surface area contributed by atoms with E-state index in [1.807, 2.05) is 12.1 Å². The second-order valence-electron chi connectivity index (χ2n) is 10.5. The van der Waals surface area contributed by atoms with Crippen molar-refractivity contribution in [2.75, 3.05) is 41.3 Å². The fourth-order valence-corrected chi connectivity index (χ4v) is 3.63. The minimum atomic E-state index is -1.12. The van der Waals surface area contributed by atoms with Crippen LogP contribution in [0.25, 0.3) is 0 Å². The number of nitrogens with one attached hydrogen (secondary N) is 4. The first kappa shape index (κ1) is 36.8. The van der Waals surface area contributed by atoms with Gasteiger partial charge in [-0.2, -0.15) is 0 Å². The van der Waals surface area contributed by atoms with Gasteiger partial charge in [-0.25, -0.2) is 9.59 Å². The third kappa shape index (κ3) is 14.4. The highest BCUT2D eigenvalue weighted by Crippen LogP contribution is 2.05. The summed E-state index contributed by atoms with van der Waals surface area (Å²) in [5.74, 6) is -1.95. The third-order valence-electron chi connectivity index (χ3n) is 6.38. The number of likely N-dealkylation sites (N-methyl/N-ethyl adjacent to an activating group) is 2. The number of carbonyl (C=O) groups is 6. The minimum absolute atomic E-state index is 0.0187. The summed E-state index contributed by atoms with van der Waals surface area (Å²) in [5, 5.41) is 9.98. The summed E-state index contributed by atoms with van der Waals surface area (Å²) in [5.41, 5.74) is 1.50. The van der Waals surface area contributed by atoms with Crippen LogP contribution in [0.2, 0.25) is 0 Å². The predicted molar refractivity (Wildman–Crippen MR) is 169 cm³/mol. The molecule has 2 aromatic carbocycles. The summed E-state index contributed by atoms with van der Waals surface area (Å²) in [6, 6.07) is 15.7. The van der Waals surface area contributed by atoms with E-state index in [0.29, 0.717) is 0 Å². The Bertz CT molecular complexity index is 1230. The lowest BCUT2D eigenvalue weighted by Gasteiger charge is -2.19. The average Bonchev–Trinajstić information content (AvgIpc) is 3.05. The van der Waals surface area contributed by atoms with Gasteiger partial charge in [0.25, 0.3) is 0 Å². The molecule has 0 aliphatic carbocycles. The van der Waals surface area contributed by atoms with E-state index in [-0.39, 0.29) is 51.0 Å². The van der Waals surface area contributed by atoms with Crippen LogP contribution in [0, 0.1) is 0 Å². The first-order chi connectivity index (χ1) is 22.0. The predicted octanol–water partition coefficient (Wildman–Crippen LogP) is 1.32. The molecule has 2 atom stereocenters. The second-order valence-corrected chi connectivity index (χ2v) is 10.5. The third-order valence-corrected chi connectivity index (χ3v) is 6.38. The van der Waals surface area contributed by atoms with Gasteiger partial charge in [0.15, 0.2) is 0 Å². The zero-order valence-corrected chi connectivity index (χ0v) is 26.5. The van der Waals surface area contributed by atoms with Crippen LogP contribution in [0.5, 0.6) is 0 Å². The van der Waals surface area contributed by atoms with Gasteiger partial charge >= 0.3 is 12.2 Å². The fourth-order valence-electron chi connectivity index (χ4n) is 3.63. The standard InChI is InChI=1S/C32H42N6O8/c1-37(2)27(39)19-33-29(41)25(35-31(43)45-21-23-13-7-5-8-14-23)17-11-12-18-26(30(42)34-20-28(40)38(3)4)36-32(44)46-22-24-15-9-6-10-16-24/h5-16,25-26H,17-22H2,1-4H3,(H,33,41)(H,34,42)(H,35,43)(H,36,44). The summed E-state index contributed by atoms with van der Waals surface area (Å²) in [7, 11) is 6.18. The van der Waals surface area contributed by atoms with Crippen LogP contribution in [0.4, 0.5) is 9.59 Å². The number of hydrogen-bond acceptors (Lipinski definition) is 8. The Kier molecular flexibility index (Phi) is 15.8. The van der Waals surface area contributed by atoms with Crippen LogP contribution in [0.1, 0.15) is 24.0 Å². The van der Waals surface area contributed by atoms with Gasteiger partial charge < -0.3 is 40.5 Å². The maximum Gasteiger partial charge on any atom is 0.408 e. The quantitative estimate of drug-likeness (QED) is 0.199. The van der Waals surface area contributed by atoms with E-state index in [1.54, 1.807) is 76.7 Å². The Hall–Kier alpha value is -5.40. The molecule has 6 amide bonds. The highest BCUT2D eigenvalue weighted by atomic mass is 16.6. The van der Waals surface area contributed by atoms with E-state index in [1.165, 1.54) is 22.0 Å². The van der Waals surface area contributed by atoms with Crippen molar-refractivity contribution in [3.8, 4) is 0 Å². The van der Waals surface area contributed by atoms with Crippen molar-refractivity contribution in [2.45, 2.75) is 38.1 Å². The summed E-state index contributed by atoms with van der Waals surface area (Å²) in [4.78, 5) is 77.4. The van der Waals surface area contributed by atoms with Gasteiger partial charge in [0, 0.05) is 28.2 Å². The van der Waals surface area contributed by atoms with Crippen molar-refractivity contribution in [3.63, 3.8) is 0 Å². The zero-order valence-electron chi connectivity index (χ0n) is 26.5. The Morgan fingerprint density at radius 1 is 0.609 bits per heavy atom. The van der Waals surface area contributed by atoms with E-state index in [2.05, 4.69) is 21.3 Å². The number of amides is 6. The summed E-state index contributed by atoms with van der Waals surface area (Å²) >= 11 is 0. The molecule has 46 heavy (non-hydrogen) atoms. The lowest BCUT2D eigenvalue weighted by Crippen LogP contribution is -2.49. The molecule has 248 valence electrons. The molecule has 0 saturated carbocycles. The summed E-state index contributed by atoms with van der Waals surface area (Å²) in [6.45, 7) is -0.602. The highest BCUT2D eigenvalue weighted by Gasteiger charge is 2.23. The molecule has 0 saturated heterocycles. The number of hydrogen-bond donors (Lipinski definition) is 4. The van der Waals surface area contributed by atoms with Gasteiger partial charge in [0.05, 0.1) is 13.1 Å². The van der Waals surface area contributed by atoms with Crippen LogP contribution in [0.3, 0.4) is 0 Å². The first-order valence-electron chi connectivity index (χ1n) is 14.5. The van der Waals surface area contributed by atoms with Gasteiger partial charge in [0.1, 0.15) is 25.3 Å². The normalized spacial score (nSPS) is 11.8. The van der Waals surface area contributed by atoms with Gasteiger partial charge in [-0.3, -0.25) is 19.2 Å². The minimum Gasteiger partial charge on any atom is -0.445 e. The molecule has 0 heterocycles. The molecule has 0 aliphatic rings. The molecular weight excluding hydrogens is 596 g/mol. The molecule has 0 aliphatic heterocycles. The molecular formula is C32H42N6O8. The molecule has 2 unspecified atom stereocenters. The molecule has 2 aromatic rings. The van der Waals surface area contributed by atoms with Crippen LogP contribution in [0.15, 0.2) is 72.8 Å². The van der Waals surface area contributed by atoms with Crippen LogP contribution in [-0.4, -0.2) is 99.0 Å². The topological polar surface area (TPSA) is 175 Å². The molecule has 4 N–H and O–H groups in total. The van der Waals surface area contributed by atoms with E-state index in [9.17, 15) is 28.8 Å². The van der Waals surface area contributed by atoms with Crippen molar-refractivity contribution in [3.05, 3.63) is 83.9 Å². The largest absolute Gasteiger partial charge is 0.445 e. The Labute approximate surface area is 268 Å². The Balaban J connectivity index is 2.07. The Morgan fingerprint density at radius 3 is 1.28 bits per heavy atom. The molecule has 14 heteroatoms. The van der Waals surface area contributed by atoms with Gasteiger partial charge in [-0.15, -0.1) is 0 Å². The molecule has 0 aromatic heterocycles. The average molecular weight is 639 g/mol. The summed E-state index contributed by atoms with van der Waals surface area (Å²) < 4.78 is 10.5. The van der Waals surface area contributed by atoms with Gasteiger partial charge in [0.2, 0.25) is 23.6 Å². The number of carbonyl (C=O) groups excluding carboxylic acids is 6. The maximum absolute atomic E-state index is 12.9. The van der Waals surface area contributed by atoms with E-state index < -0.39 is 36.1 Å². The van der Waals surface area contributed by atoms with Crippen LogP contribution in [-0.2, 0) is 41.9 Å². The van der Waals surface area contributed by atoms with E-state index in [4.69, 9.17) is 9.47 Å². The highest BCUT2D eigenvalue weighted by molar-refractivity contribution is 5.90. The lowest BCUT2D eigenvalue weighted by atomic mass is 10.1. The van der Waals surface area contributed by atoms with Gasteiger partial charge in [-0.1, -0.05) is 72.8 Å². The molecule has 2 rings (SSSR count). The second kappa shape index (κ2) is 19.8. The van der Waals surface area contributed by atoms with Crippen molar-refractivity contribution in [1.82, 2.24) is 31.1 Å². The Morgan fingerprint density at radius 2 is 0.957 bits per heavy atom. The number of benzene rings is 2. The fraction of sp³-hybridized carbons (Fsp3) is 0.375. The zero-order chi connectivity index (χ0) is 33.9. The van der Waals surface area contributed by atoms with Crippen LogP contribution >= 0.6 is 0 Å². The smallest absolute Gasteiger partial charge is 0.408 e. The van der Waals surface area contributed by atoms with E-state index in [0.717, 1.165) is 11.1 Å². The summed E-state index contributed by atoms with van der Waals surface area (Å²) in [6.07, 6.45) is 1.32. The maximum atomic E-state index is 12.9. The molecule has 0 radical (unpaired) electrons. The van der Waals surface area contributed by atoms with Crippen molar-refractivity contribution >= 4 is 35.8 Å². The molecule has 0 bridgehead atoms. The molecule has 14 nitrogen and oxygen atoms in total. The number of nitrogens with zero attached hydrogens (tertiary/aromatic N) is 2.